The maximum absolute atomic E-state index is 6.28. The number of nitrogens with zero attached hydrogens (tertiary/aromatic N) is 5. The first-order chi connectivity index (χ1) is 13.0. The van der Waals surface area contributed by atoms with E-state index in [4.69, 9.17) is 23.2 Å². The van der Waals surface area contributed by atoms with Gasteiger partial charge in [0.05, 0.1) is 15.6 Å². The first kappa shape index (κ1) is 20.5. The predicted molar refractivity (Wildman–Crippen MR) is 108 cm³/mol. The highest BCUT2D eigenvalue weighted by Crippen LogP contribution is 2.48. The van der Waals surface area contributed by atoms with E-state index in [1.165, 1.54) is 6.42 Å². The van der Waals surface area contributed by atoms with E-state index in [2.05, 4.69) is 46.6 Å². The lowest BCUT2D eigenvalue weighted by molar-refractivity contribution is 0.0487. The molecule has 1 aliphatic rings. The molecule has 1 aliphatic carbocycles. The number of aromatic nitrogens is 5. The van der Waals surface area contributed by atoms with Crippen LogP contribution >= 0.6 is 23.2 Å². The van der Waals surface area contributed by atoms with Crippen LogP contribution in [-0.4, -0.2) is 31.7 Å². The third kappa shape index (κ3) is 4.28. The minimum atomic E-state index is -0.172. The number of hydrogen-bond acceptors (Lipinski definition) is 5. The Morgan fingerprint density at radius 3 is 2.63 bits per heavy atom. The fraction of sp³-hybridized carbons (Fsp3) is 0.684. The molecule has 3 rings (SSSR count). The van der Waals surface area contributed by atoms with Crippen LogP contribution in [0.5, 0.6) is 0 Å². The highest BCUT2D eigenvalue weighted by molar-refractivity contribution is 6.35. The molecule has 0 amide bonds. The second kappa shape index (κ2) is 8.84. The number of halogens is 2. The number of pyridine rings is 1. The lowest BCUT2D eigenvalue weighted by atomic mass is 9.63. The molecule has 0 aliphatic heterocycles. The number of aryl methyl sites for hydroxylation is 1. The molecular formula is C19H28Cl2N6. The lowest BCUT2D eigenvalue weighted by Crippen LogP contribution is -2.57. The molecule has 0 saturated heterocycles. The molecule has 2 unspecified atom stereocenters. The van der Waals surface area contributed by atoms with Gasteiger partial charge in [0, 0.05) is 25.5 Å². The third-order valence-corrected chi connectivity index (χ3v) is 6.13. The van der Waals surface area contributed by atoms with Gasteiger partial charge in [0.1, 0.15) is 0 Å². The largest absolute Gasteiger partial charge is 0.304 e. The zero-order chi connectivity index (χ0) is 19.4. The summed E-state index contributed by atoms with van der Waals surface area (Å²) in [6.45, 7) is 8.29. The average molecular weight is 411 g/mol. The molecule has 0 spiro atoms. The molecule has 1 N–H and O–H groups in total. The summed E-state index contributed by atoms with van der Waals surface area (Å²) in [7, 11) is 0. The SMILES string of the molecule is CCCn1nnnc1C1(NCCc2c(Cl)cncc2Cl)CCC1CC(C)C. The number of rotatable bonds is 9. The number of hydrogen-bond donors (Lipinski definition) is 1. The van der Waals surface area contributed by atoms with Crippen LogP contribution in [0.15, 0.2) is 12.4 Å². The minimum Gasteiger partial charge on any atom is -0.304 e. The van der Waals surface area contributed by atoms with E-state index in [1.807, 2.05) is 4.68 Å². The van der Waals surface area contributed by atoms with E-state index in [-0.39, 0.29) is 5.54 Å². The smallest absolute Gasteiger partial charge is 0.171 e. The number of tetrazole rings is 1. The quantitative estimate of drug-likeness (QED) is 0.668. The van der Waals surface area contributed by atoms with Crippen molar-refractivity contribution >= 4 is 23.2 Å². The molecule has 27 heavy (non-hydrogen) atoms. The summed E-state index contributed by atoms with van der Waals surface area (Å²) in [5, 5.41) is 17.6. The van der Waals surface area contributed by atoms with E-state index in [9.17, 15) is 0 Å². The van der Waals surface area contributed by atoms with Gasteiger partial charge in [-0.25, -0.2) is 4.68 Å². The molecule has 1 saturated carbocycles. The van der Waals surface area contributed by atoms with Crippen molar-refractivity contribution in [2.45, 2.75) is 65.0 Å². The monoisotopic (exact) mass is 410 g/mol. The maximum Gasteiger partial charge on any atom is 0.171 e. The highest BCUT2D eigenvalue weighted by Gasteiger charge is 2.51. The Balaban J connectivity index is 1.80. The normalized spacial score (nSPS) is 22.2. The molecule has 0 radical (unpaired) electrons. The summed E-state index contributed by atoms with van der Waals surface area (Å²) in [5.41, 5.74) is 0.762. The minimum absolute atomic E-state index is 0.172. The molecule has 2 aromatic rings. The van der Waals surface area contributed by atoms with Crippen LogP contribution in [0.25, 0.3) is 0 Å². The molecule has 2 aromatic heterocycles. The zero-order valence-electron chi connectivity index (χ0n) is 16.3. The van der Waals surface area contributed by atoms with E-state index >= 15 is 0 Å². The van der Waals surface area contributed by atoms with E-state index in [1.54, 1.807) is 12.4 Å². The van der Waals surface area contributed by atoms with Crippen molar-refractivity contribution in [1.82, 2.24) is 30.5 Å². The Bertz CT molecular complexity index is 742. The van der Waals surface area contributed by atoms with Crippen LogP contribution in [0, 0.1) is 11.8 Å². The lowest BCUT2D eigenvalue weighted by Gasteiger charge is -2.50. The van der Waals surface area contributed by atoms with E-state index < -0.39 is 0 Å². The van der Waals surface area contributed by atoms with Crippen molar-refractivity contribution in [2.75, 3.05) is 6.54 Å². The molecular weight excluding hydrogens is 383 g/mol. The second-order valence-corrected chi connectivity index (χ2v) is 8.64. The fourth-order valence-electron chi connectivity index (χ4n) is 4.11. The highest BCUT2D eigenvalue weighted by atomic mass is 35.5. The van der Waals surface area contributed by atoms with Crippen molar-refractivity contribution in [3.63, 3.8) is 0 Å². The van der Waals surface area contributed by atoms with Crippen LogP contribution in [0.1, 0.15) is 57.8 Å². The summed E-state index contributed by atoms with van der Waals surface area (Å²) >= 11 is 12.6. The fourth-order valence-corrected chi connectivity index (χ4v) is 4.66. The van der Waals surface area contributed by atoms with E-state index in [0.717, 1.165) is 50.2 Å². The molecule has 2 heterocycles. The van der Waals surface area contributed by atoms with E-state index in [0.29, 0.717) is 21.9 Å². The van der Waals surface area contributed by atoms with Crippen molar-refractivity contribution in [3.05, 3.63) is 33.8 Å². The number of nitrogens with one attached hydrogen (secondary N) is 1. The van der Waals surface area contributed by atoms with Gasteiger partial charge in [-0.15, -0.1) is 5.10 Å². The average Bonchev–Trinajstić information content (AvgIpc) is 3.06. The van der Waals surface area contributed by atoms with Crippen molar-refractivity contribution in [2.24, 2.45) is 11.8 Å². The van der Waals surface area contributed by atoms with Crippen molar-refractivity contribution in [1.29, 1.82) is 0 Å². The molecule has 2 atom stereocenters. The topological polar surface area (TPSA) is 68.5 Å². The molecule has 1 fully saturated rings. The van der Waals surface area contributed by atoms with Gasteiger partial charge in [-0.3, -0.25) is 4.98 Å². The summed E-state index contributed by atoms with van der Waals surface area (Å²) in [4.78, 5) is 4.03. The molecule has 0 bridgehead atoms. The first-order valence-corrected chi connectivity index (χ1v) is 10.5. The van der Waals surface area contributed by atoms with Gasteiger partial charge in [0.25, 0.3) is 0 Å². The van der Waals surface area contributed by atoms with Crippen molar-refractivity contribution < 1.29 is 0 Å². The Morgan fingerprint density at radius 1 is 1.30 bits per heavy atom. The molecule has 148 valence electrons. The van der Waals surface area contributed by atoms with Gasteiger partial charge in [-0.1, -0.05) is 44.0 Å². The summed E-state index contributed by atoms with van der Waals surface area (Å²) in [6, 6.07) is 0. The van der Waals surface area contributed by atoms with Gasteiger partial charge in [-0.05, 0) is 59.9 Å². The second-order valence-electron chi connectivity index (χ2n) is 7.82. The van der Waals surface area contributed by atoms with Gasteiger partial charge in [0.15, 0.2) is 5.82 Å². The van der Waals surface area contributed by atoms with Gasteiger partial charge >= 0.3 is 0 Å². The van der Waals surface area contributed by atoms with Crippen LogP contribution in [0.2, 0.25) is 10.0 Å². The standard InChI is InChI=1S/C19H28Cl2N6/c1-4-9-27-18(24-25-26-27)19(7-5-14(19)10-13(2)3)23-8-6-15-16(20)11-22-12-17(15)21/h11-14,23H,4-10H2,1-3H3. The Labute approximate surface area is 171 Å². The molecule has 0 aromatic carbocycles. The van der Waals surface area contributed by atoms with Crippen molar-refractivity contribution in [3.8, 4) is 0 Å². The van der Waals surface area contributed by atoms with Crippen LogP contribution < -0.4 is 5.32 Å². The maximum atomic E-state index is 6.28. The Morgan fingerprint density at radius 2 is 2.04 bits per heavy atom. The van der Waals surface area contributed by atoms with Gasteiger partial charge in [0.2, 0.25) is 0 Å². The molecule has 6 nitrogen and oxygen atoms in total. The molecule has 8 heteroatoms. The summed E-state index contributed by atoms with van der Waals surface area (Å²) < 4.78 is 1.96. The summed E-state index contributed by atoms with van der Waals surface area (Å²) in [6.07, 6.45) is 8.43. The van der Waals surface area contributed by atoms with Gasteiger partial charge in [-0.2, -0.15) is 0 Å². The summed E-state index contributed by atoms with van der Waals surface area (Å²) in [5.74, 6) is 2.13. The van der Waals surface area contributed by atoms with Crippen LogP contribution in [0.3, 0.4) is 0 Å². The van der Waals surface area contributed by atoms with Gasteiger partial charge < -0.3 is 5.32 Å². The predicted octanol–water partition coefficient (Wildman–Crippen LogP) is 4.27. The van der Waals surface area contributed by atoms with Crippen LogP contribution in [0.4, 0.5) is 0 Å². The Kier molecular flexibility index (Phi) is 6.71. The first-order valence-electron chi connectivity index (χ1n) is 9.77. The van der Waals surface area contributed by atoms with Crippen LogP contribution in [-0.2, 0) is 18.5 Å². The third-order valence-electron chi connectivity index (χ3n) is 5.47. The Hall–Kier alpha value is -1.24. The zero-order valence-corrected chi connectivity index (χ0v) is 17.8.